The smallest absolute Gasteiger partial charge is 0.304 e. The van der Waals surface area contributed by atoms with Crippen molar-refractivity contribution in [2.75, 3.05) is 11.4 Å². The summed E-state index contributed by atoms with van der Waals surface area (Å²) >= 11 is 0. The summed E-state index contributed by atoms with van der Waals surface area (Å²) in [7, 11) is 0. The van der Waals surface area contributed by atoms with E-state index in [4.69, 9.17) is 0 Å². The van der Waals surface area contributed by atoms with Gasteiger partial charge in [-0.05, 0) is 41.0 Å². The van der Waals surface area contributed by atoms with E-state index in [9.17, 15) is 9.59 Å². The van der Waals surface area contributed by atoms with Gasteiger partial charge in [-0.15, -0.1) is 5.10 Å². The number of nitrogens with zero attached hydrogens (tertiary/aromatic N) is 6. The standard InChI is InChI=1S/C22H24N6O2/c1-2-3-15-27-20(23-24-25-27)19-21(29)28(18-12-8-5-9-13-18)22(30)26(19)16-14-17-10-6-4-7-11-17/h4-13,19H,2-3,14-16H2,1H3. The van der Waals surface area contributed by atoms with Crippen LogP contribution in [0.3, 0.4) is 0 Å². The molecule has 1 aliphatic rings. The maximum Gasteiger partial charge on any atom is 0.332 e. The molecule has 3 aromatic rings. The van der Waals surface area contributed by atoms with Gasteiger partial charge >= 0.3 is 6.03 Å². The predicted octanol–water partition coefficient (Wildman–Crippen LogP) is 3.23. The number of para-hydroxylation sites is 1. The lowest BCUT2D eigenvalue weighted by Crippen LogP contribution is -2.34. The lowest BCUT2D eigenvalue weighted by atomic mass is 10.1. The van der Waals surface area contributed by atoms with Crippen molar-refractivity contribution in [3.63, 3.8) is 0 Å². The quantitative estimate of drug-likeness (QED) is 0.538. The largest absolute Gasteiger partial charge is 0.332 e. The maximum absolute atomic E-state index is 13.4. The molecule has 30 heavy (non-hydrogen) atoms. The molecule has 0 aliphatic carbocycles. The first-order valence-corrected chi connectivity index (χ1v) is 10.2. The lowest BCUT2D eigenvalue weighted by Gasteiger charge is -2.21. The third-order valence-electron chi connectivity index (χ3n) is 5.23. The van der Waals surface area contributed by atoms with Crippen LogP contribution < -0.4 is 4.90 Å². The molecule has 1 unspecified atom stereocenters. The second-order valence-corrected chi connectivity index (χ2v) is 7.24. The number of carbonyl (C=O) groups excluding carboxylic acids is 2. The minimum atomic E-state index is -0.840. The number of imide groups is 1. The number of amides is 3. The molecule has 2 aromatic carbocycles. The molecule has 8 heteroatoms. The van der Waals surface area contributed by atoms with E-state index >= 15 is 0 Å². The van der Waals surface area contributed by atoms with Gasteiger partial charge in [0.1, 0.15) is 0 Å². The van der Waals surface area contributed by atoms with E-state index in [0.717, 1.165) is 18.4 Å². The Bertz CT molecular complexity index is 1000. The number of aromatic nitrogens is 4. The van der Waals surface area contributed by atoms with Crippen molar-refractivity contribution in [3.05, 3.63) is 72.1 Å². The summed E-state index contributed by atoms with van der Waals surface area (Å²) in [4.78, 5) is 29.5. The van der Waals surface area contributed by atoms with Gasteiger partial charge in [-0.1, -0.05) is 61.9 Å². The van der Waals surface area contributed by atoms with Gasteiger partial charge in [0.15, 0.2) is 11.9 Å². The molecule has 0 N–H and O–H groups in total. The highest BCUT2D eigenvalue weighted by Gasteiger charge is 2.48. The third kappa shape index (κ3) is 3.80. The number of tetrazole rings is 1. The fourth-order valence-electron chi connectivity index (χ4n) is 3.65. The second-order valence-electron chi connectivity index (χ2n) is 7.24. The molecule has 154 valence electrons. The number of hydrogen-bond donors (Lipinski definition) is 0. The first-order valence-electron chi connectivity index (χ1n) is 10.2. The van der Waals surface area contributed by atoms with Crippen molar-refractivity contribution in [2.24, 2.45) is 0 Å². The number of unbranched alkanes of at least 4 members (excludes halogenated alkanes) is 1. The third-order valence-corrected chi connectivity index (χ3v) is 5.23. The fourth-order valence-corrected chi connectivity index (χ4v) is 3.65. The summed E-state index contributed by atoms with van der Waals surface area (Å²) in [6.45, 7) is 3.08. The Morgan fingerprint density at radius 1 is 0.933 bits per heavy atom. The monoisotopic (exact) mass is 404 g/mol. The lowest BCUT2D eigenvalue weighted by molar-refractivity contribution is -0.120. The van der Waals surface area contributed by atoms with Crippen molar-refractivity contribution in [1.29, 1.82) is 0 Å². The molecule has 1 saturated heterocycles. The molecule has 0 radical (unpaired) electrons. The SMILES string of the molecule is CCCCn1nnnc1C1C(=O)N(c2ccccc2)C(=O)N1CCc1ccccc1. The number of benzene rings is 2. The number of urea groups is 1. The second kappa shape index (κ2) is 8.86. The summed E-state index contributed by atoms with van der Waals surface area (Å²) in [5, 5.41) is 12.0. The Morgan fingerprint density at radius 2 is 1.63 bits per heavy atom. The first kappa shape index (κ1) is 19.8. The zero-order chi connectivity index (χ0) is 20.9. The summed E-state index contributed by atoms with van der Waals surface area (Å²) in [6, 6.07) is 17.7. The summed E-state index contributed by atoms with van der Waals surface area (Å²) in [5.41, 5.74) is 1.65. The van der Waals surface area contributed by atoms with Crippen molar-refractivity contribution < 1.29 is 9.59 Å². The molecule has 1 aromatic heterocycles. The van der Waals surface area contributed by atoms with Crippen LogP contribution in [0.15, 0.2) is 60.7 Å². The topological polar surface area (TPSA) is 84.2 Å². The van der Waals surface area contributed by atoms with Crippen LogP contribution in [0.25, 0.3) is 0 Å². The van der Waals surface area contributed by atoms with Crippen LogP contribution in [0.1, 0.15) is 37.2 Å². The normalized spacial score (nSPS) is 16.5. The minimum absolute atomic E-state index is 0.327. The highest BCUT2D eigenvalue weighted by atomic mass is 16.2. The van der Waals surface area contributed by atoms with Gasteiger partial charge in [-0.25, -0.2) is 14.4 Å². The molecule has 8 nitrogen and oxygen atoms in total. The highest BCUT2D eigenvalue weighted by Crippen LogP contribution is 2.33. The molecule has 3 amide bonds. The average molecular weight is 404 g/mol. The fraction of sp³-hybridized carbons (Fsp3) is 0.318. The van der Waals surface area contributed by atoms with E-state index < -0.39 is 6.04 Å². The van der Waals surface area contributed by atoms with E-state index in [1.165, 1.54) is 4.90 Å². The molecule has 4 rings (SSSR count). The van der Waals surface area contributed by atoms with Gasteiger partial charge in [0.25, 0.3) is 5.91 Å². The minimum Gasteiger partial charge on any atom is -0.304 e. The molecule has 2 heterocycles. The van der Waals surface area contributed by atoms with E-state index in [0.29, 0.717) is 31.0 Å². The molecule has 0 spiro atoms. The van der Waals surface area contributed by atoms with Crippen LogP contribution in [-0.4, -0.2) is 43.6 Å². The molecule has 1 aliphatic heterocycles. The van der Waals surface area contributed by atoms with E-state index in [2.05, 4.69) is 22.4 Å². The van der Waals surface area contributed by atoms with Crippen LogP contribution in [0.5, 0.6) is 0 Å². The van der Waals surface area contributed by atoms with Crippen LogP contribution in [0.2, 0.25) is 0 Å². The van der Waals surface area contributed by atoms with Gasteiger partial charge < -0.3 is 4.90 Å². The van der Waals surface area contributed by atoms with Gasteiger partial charge in [0.2, 0.25) is 0 Å². The molecule has 0 bridgehead atoms. The zero-order valence-corrected chi connectivity index (χ0v) is 16.9. The van der Waals surface area contributed by atoms with Crippen LogP contribution in [0.4, 0.5) is 10.5 Å². The van der Waals surface area contributed by atoms with Gasteiger partial charge in [0, 0.05) is 13.1 Å². The predicted molar refractivity (Wildman–Crippen MR) is 112 cm³/mol. The number of carbonyl (C=O) groups is 2. The molecule has 1 atom stereocenters. The maximum atomic E-state index is 13.4. The molecular weight excluding hydrogens is 380 g/mol. The Kier molecular flexibility index (Phi) is 5.83. The van der Waals surface area contributed by atoms with Crippen molar-refractivity contribution in [2.45, 2.75) is 38.8 Å². The van der Waals surface area contributed by atoms with E-state index in [-0.39, 0.29) is 11.9 Å². The number of anilines is 1. The summed E-state index contributed by atoms with van der Waals surface area (Å²) in [5.74, 6) is 0.0834. The van der Waals surface area contributed by atoms with Crippen LogP contribution in [0, 0.1) is 0 Å². The van der Waals surface area contributed by atoms with Gasteiger partial charge in [-0.2, -0.15) is 0 Å². The van der Waals surface area contributed by atoms with Crippen molar-refractivity contribution in [3.8, 4) is 0 Å². The Labute approximate surface area is 175 Å². The van der Waals surface area contributed by atoms with Gasteiger partial charge in [0.05, 0.1) is 5.69 Å². The van der Waals surface area contributed by atoms with E-state index in [1.54, 1.807) is 21.7 Å². The van der Waals surface area contributed by atoms with Crippen LogP contribution in [-0.2, 0) is 17.8 Å². The highest BCUT2D eigenvalue weighted by molar-refractivity contribution is 6.21. The number of hydrogen-bond acceptors (Lipinski definition) is 5. The molecule has 0 saturated carbocycles. The zero-order valence-electron chi connectivity index (χ0n) is 16.9. The number of aryl methyl sites for hydroxylation is 1. The molecular formula is C22H24N6O2. The van der Waals surface area contributed by atoms with Crippen LogP contribution >= 0.6 is 0 Å². The van der Waals surface area contributed by atoms with Gasteiger partial charge in [-0.3, -0.25) is 4.79 Å². The summed E-state index contributed by atoms with van der Waals surface area (Å²) < 4.78 is 1.64. The molecule has 1 fully saturated rings. The number of rotatable bonds is 8. The first-order chi connectivity index (χ1) is 14.7. The van der Waals surface area contributed by atoms with Crippen molar-refractivity contribution in [1.82, 2.24) is 25.1 Å². The Balaban J connectivity index is 1.67. The Hall–Kier alpha value is -3.55. The summed E-state index contributed by atoms with van der Waals surface area (Å²) in [6.07, 6.45) is 2.50. The van der Waals surface area contributed by atoms with Crippen molar-refractivity contribution >= 4 is 17.6 Å². The van der Waals surface area contributed by atoms with E-state index in [1.807, 2.05) is 48.5 Å². The Morgan fingerprint density at radius 3 is 2.33 bits per heavy atom. The average Bonchev–Trinajstić information content (AvgIpc) is 3.33.